The van der Waals surface area contributed by atoms with Crippen molar-refractivity contribution in [1.29, 1.82) is 0 Å². The first kappa shape index (κ1) is 11.0. The summed E-state index contributed by atoms with van der Waals surface area (Å²) in [5.41, 5.74) is 7.25. The Morgan fingerprint density at radius 1 is 1.50 bits per heavy atom. The summed E-state index contributed by atoms with van der Waals surface area (Å²) >= 11 is 0. The van der Waals surface area contributed by atoms with Gasteiger partial charge < -0.3 is 10.3 Å². The molecule has 0 aliphatic carbocycles. The van der Waals surface area contributed by atoms with Crippen LogP contribution in [0.25, 0.3) is 0 Å². The second kappa shape index (κ2) is 4.42. The SMILES string of the molecule is CCC(C)n1c(C)ccc(CN)c1=O. The highest BCUT2D eigenvalue weighted by molar-refractivity contribution is 5.15. The van der Waals surface area contributed by atoms with Crippen LogP contribution in [0.2, 0.25) is 0 Å². The normalized spacial score (nSPS) is 12.9. The van der Waals surface area contributed by atoms with Gasteiger partial charge in [0.1, 0.15) is 0 Å². The molecule has 0 spiro atoms. The largest absolute Gasteiger partial charge is 0.326 e. The molecular formula is C11H18N2O. The molecule has 0 radical (unpaired) electrons. The average Bonchev–Trinajstić information content (AvgIpc) is 2.18. The zero-order valence-electron chi connectivity index (χ0n) is 9.08. The van der Waals surface area contributed by atoms with Crippen molar-refractivity contribution in [2.45, 2.75) is 39.8 Å². The standard InChI is InChI=1S/C11H18N2O/c1-4-8(2)13-9(3)5-6-10(7-12)11(13)14/h5-6,8H,4,7,12H2,1-3H3. The lowest BCUT2D eigenvalue weighted by atomic mass is 10.2. The van der Waals surface area contributed by atoms with E-state index in [0.717, 1.165) is 12.1 Å². The van der Waals surface area contributed by atoms with Gasteiger partial charge in [-0.2, -0.15) is 0 Å². The molecule has 0 aromatic carbocycles. The van der Waals surface area contributed by atoms with Crippen molar-refractivity contribution in [3.8, 4) is 0 Å². The zero-order chi connectivity index (χ0) is 10.7. The molecule has 0 saturated heterocycles. The van der Waals surface area contributed by atoms with Crippen LogP contribution < -0.4 is 11.3 Å². The van der Waals surface area contributed by atoms with Gasteiger partial charge in [0.2, 0.25) is 0 Å². The van der Waals surface area contributed by atoms with E-state index >= 15 is 0 Å². The third-order valence-corrected chi connectivity index (χ3v) is 2.65. The minimum atomic E-state index is 0.0573. The third kappa shape index (κ3) is 1.87. The Hall–Kier alpha value is -1.09. The van der Waals surface area contributed by atoms with Crippen LogP contribution in [0, 0.1) is 6.92 Å². The molecule has 0 amide bonds. The molecular weight excluding hydrogens is 176 g/mol. The molecule has 1 aromatic heterocycles. The molecule has 2 N–H and O–H groups in total. The predicted octanol–water partition coefficient (Wildman–Crippen LogP) is 1.59. The molecule has 0 aliphatic rings. The van der Waals surface area contributed by atoms with Gasteiger partial charge in [-0.15, -0.1) is 0 Å². The first-order valence-electron chi connectivity index (χ1n) is 5.02. The molecule has 0 bridgehead atoms. The molecule has 14 heavy (non-hydrogen) atoms. The second-order valence-electron chi connectivity index (χ2n) is 3.64. The van der Waals surface area contributed by atoms with E-state index < -0.39 is 0 Å². The van der Waals surface area contributed by atoms with Gasteiger partial charge in [-0.05, 0) is 26.3 Å². The number of nitrogens with two attached hydrogens (primary N) is 1. The van der Waals surface area contributed by atoms with Crippen molar-refractivity contribution >= 4 is 0 Å². The Morgan fingerprint density at radius 2 is 2.14 bits per heavy atom. The maximum Gasteiger partial charge on any atom is 0.255 e. The summed E-state index contributed by atoms with van der Waals surface area (Å²) < 4.78 is 1.82. The van der Waals surface area contributed by atoms with E-state index in [1.807, 2.05) is 23.6 Å². The summed E-state index contributed by atoms with van der Waals surface area (Å²) in [5, 5.41) is 0. The Morgan fingerprint density at radius 3 is 2.64 bits per heavy atom. The van der Waals surface area contributed by atoms with Crippen LogP contribution in [0.4, 0.5) is 0 Å². The van der Waals surface area contributed by atoms with Crippen LogP contribution in [0.3, 0.4) is 0 Å². The number of aryl methyl sites for hydroxylation is 1. The molecule has 0 aliphatic heterocycles. The van der Waals surface area contributed by atoms with Gasteiger partial charge in [-0.1, -0.05) is 13.0 Å². The Balaban J connectivity index is 3.33. The van der Waals surface area contributed by atoms with E-state index in [9.17, 15) is 4.79 Å². The maximum absolute atomic E-state index is 11.9. The van der Waals surface area contributed by atoms with E-state index in [4.69, 9.17) is 5.73 Å². The Kier molecular flexibility index (Phi) is 3.47. The Bertz CT molecular complexity index is 368. The summed E-state index contributed by atoms with van der Waals surface area (Å²) in [6, 6.07) is 4.01. The van der Waals surface area contributed by atoms with Crippen molar-refractivity contribution in [2.24, 2.45) is 5.73 Å². The Labute approximate surface area is 84.6 Å². The minimum Gasteiger partial charge on any atom is -0.326 e. The van der Waals surface area contributed by atoms with E-state index in [-0.39, 0.29) is 11.6 Å². The van der Waals surface area contributed by atoms with Crippen molar-refractivity contribution in [1.82, 2.24) is 4.57 Å². The van der Waals surface area contributed by atoms with Gasteiger partial charge in [0.05, 0.1) is 0 Å². The van der Waals surface area contributed by atoms with Crippen LogP contribution in [-0.2, 0) is 6.54 Å². The van der Waals surface area contributed by atoms with E-state index in [1.54, 1.807) is 0 Å². The highest BCUT2D eigenvalue weighted by Crippen LogP contribution is 2.10. The third-order valence-electron chi connectivity index (χ3n) is 2.65. The summed E-state index contributed by atoms with van der Waals surface area (Å²) in [6.45, 7) is 6.39. The maximum atomic E-state index is 11.9. The van der Waals surface area contributed by atoms with Gasteiger partial charge in [0.25, 0.3) is 5.56 Å². The monoisotopic (exact) mass is 194 g/mol. The topological polar surface area (TPSA) is 48.0 Å². The molecule has 1 rings (SSSR count). The first-order chi connectivity index (χ1) is 6.61. The van der Waals surface area contributed by atoms with Crippen molar-refractivity contribution < 1.29 is 0 Å². The van der Waals surface area contributed by atoms with E-state index in [2.05, 4.69) is 13.8 Å². The van der Waals surface area contributed by atoms with E-state index in [0.29, 0.717) is 12.1 Å². The molecule has 1 unspecified atom stereocenters. The number of aromatic nitrogens is 1. The lowest BCUT2D eigenvalue weighted by molar-refractivity contribution is 0.499. The average molecular weight is 194 g/mol. The van der Waals surface area contributed by atoms with Gasteiger partial charge in [0, 0.05) is 23.8 Å². The van der Waals surface area contributed by atoms with Crippen molar-refractivity contribution in [3.63, 3.8) is 0 Å². The number of pyridine rings is 1. The summed E-state index contributed by atoms with van der Waals surface area (Å²) in [4.78, 5) is 11.9. The first-order valence-corrected chi connectivity index (χ1v) is 5.02. The quantitative estimate of drug-likeness (QED) is 0.794. The van der Waals surface area contributed by atoms with Gasteiger partial charge in [0.15, 0.2) is 0 Å². The molecule has 0 fully saturated rings. The summed E-state index contributed by atoms with van der Waals surface area (Å²) in [7, 11) is 0. The number of hydrogen-bond donors (Lipinski definition) is 1. The molecule has 1 heterocycles. The summed E-state index contributed by atoms with van der Waals surface area (Å²) in [6.07, 6.45) is 0.953. The van der Waals surface area contributed by atoms with Crippen LogP contribution in [0.1, 0.15) is 37.6 Å². The highest BCUT2D eigenvalue weighted by atomic mass is 16.1. The fraction of sp³-hybridized carbons (Fsp3) is 0.545. The number of nitrogens with zero attached hydrogens (tertiary/aromatic N) is 1. The number of hydrogen-bond acceptors (Lipinski definition) is 2. The van der Waals surface area contributed by atoms with Crippen LogP contribution >= 0.6 is 0 Å². The molecule has 78 valence electrons. The van der Waals surface area contributed by atoms with Crippen molar-refractivity contribution in [3.05, 3.63) is 33.7 Å². The fourth-order valence-corrected chi connectivity index (χ4v) is 1.57. The zero-order valence-corrected chi connectivity index (χ0v) is 9.08. The smallest absolute Gasteiger partial charge is 0.255 e. The highest BCUT2D eigenvalue weighted by Gasteiger charge is 2.09. The molecule has 1 atom stereocenters. The molecule has 1 aromatic rings. The van der Waals surface area contributed by atoms with Crippen molar-refractivity contribution in [2.75, 3.05) is 0 Å². The summed E-state index contributed by atoms with van der Waals surface area (Å²) in [5.74, 6) is 0. The van der Waals surface area contributed by atoms with Gasteiger partial charge in [-0.3, -0.25) is 4.79 Å². The second-order valence-corrected chi connectivity index (χ2v) is 3.64. The minimum absolute atomic E-state index is 0.0573. The molecule has 3 nitrogen and oxygen atoms in total. The fourth-order valence-electron chi connectivity index (χ4n) is 1.57. The predicted molar refractivity (Wildman–Crippen MR) is 58.3 cm³/mol. The van der Waals surface area contributed by atoms with Crippen LogP contribution in [0.15, 0.2) is 16.9 Å². The molecule has 3 heteroatoms. The van der Waals surface area contributed by atoms with Crippen LogP contribution in [-0.4, -0.2) is 4.57 Å². The number of rotatable bonds is 3. The lowest BCUT2D eigenvalue weighted by Crippen LogP contribution is -2.28. The van der Waals surface area contributed by atoms with Gasteiger partial charge in [-0.25, -0.2) is 0 Å². The van der Waals surface area contributed by atoms with Gasteiger partial charge >= 0.3 is 0 Å². The lowest BCUT2D eigenvalue weighted by Gasteiger charge is -2.17. The molecule has 0 saturated carbocycles. The van der Waals surface area contributed by atoms with E-state index in [1.165, 1.54) is 0 Å². The van der Waals surface area contributed by atoms with Crippen LogP contribution in [0.5, 0.6) is 0 Å².